The van der Waals surface area contributed by atoms with Gasteiger partial charge < -0.3 is 15.8 Å². The van der Waals surface area contributed by atoms with Crippen molar-refractivity contribution in [2.75, 3.05) is 24.3 Å². The van der Waals surface area contributed by atoms with Gasteiger partial charge in [-0.3, -0.25) is 0 Å². The molecule has 0 aliphatic heterocycles. The van der Waals surface area contributed by atoms with Crippen molar-refractivity contribution in [3.63, 3.8) is 0 Å². The van der Waals surface area contributed by atoms with Crippen LogP contribution in [-0.2, 0) is 4.74 Å². The summed E-state index contributed by atoms with van der Waals surface area (Å²) in [6.45, 7) is 5.33. The second-order valence-electron chi connectivity index (χ2n) is 3.03. The van der Waals surface area contributed by atoms with Gasteiger partial charge >= 0.3 is 0 Å². The highest BCUT2D eigenvalue weighted by atomic mass is 16.5. The number of hydrogen-bond donors (Lipinski definition) is 2. The second kappa shape index (κ2) is 5.39. The van der Waals surface area contributed by atoms with Gasteiger partial charge in [-0.15, -0.1) is 0 Å². The van der Waals surface area contributed by atoms with Gasteiger partial charge in [0.2, 0.25) is 0 Å². The highest BCUT2D eigenvalue weighted by molar-refractivity contribution is 5.59. The molecule has 0 saturated heterocycles. The van der Waals surface area contributed by atoms with Crippen molar-refractivity contribution in [1.29, 1.82) is 0 Å². The Labute approximate surface area is 83.7 Å². The van der Waals surface area contributed by atoms with Crippen molar-refractivity contribution in [3.8, 4) is 0 Å². The third-order valence-corrected chi connectivity index (χ3v) is 1.70. The molecule has 3 N–H and O–H groups in total. The van der Waals surface area contributed by atoms with E-state index in [1.807, 2.05) is 13.8 Å². The molecule has 5 heteroatoms. The van der Waals surface area contributed by atoms with Crippen LogP contribution < -0.4 is 11.1 Å². The first-order valence-electron chi connectivity index (χ1n) is 4.63. The third kappa shape index (κ3) is 3.18. The van der Waals surface area contributed by atoms with Crippen molar-refractivity contribution in [3.05, 3.63) is 12.5 Å². The van der Waals surface area contributed by atoms with Crippen LogP contribution in [0.1, 0.15) is 13.8 Å². The molecule has 0 spiro atoms. The molecule has 0 bridgehead atoms. The van der Waals surface area contributed by atoms with Crippen molar-refractivity contribution < 1.29 is 4.74 Å². The SMILES string of the molecule is CCOCC(C)Nc1ncncc1N. The summed E-state index contributed by atoms with van der Waals surface area (Å²) >= 11 is 0. The summed E-state index contributed by atoms with van der Waals surface area (Å²) in [6, 6.07) is 0.187. The Kier molecular flexibility index (Phi) is 4.12. The first kappa shape index (κ1) is 10.7. The Hall–Kier alpha value is -1.36. The zero-order chi connectivity index (χ0) is 10.4. The standard InChI is InChI=1S/C9H16N4O/c1-3-14-5-7(2)13-9-8(10)4-11-6-12-9/h4,6-7H,3,5,10H2,1-2H3,(H,11,12,13). The first-order chi connectivity index (χ1) is 6.74. The molecule has 5 nitrogen and oxygen atoms in total. The predicted molar refractivity (Wildman–Crippen MR) is 56.0 cm³/mol. The quantitative estimate of drug-likeness (QED) is 0.731. The zero-order valence-electron chi connectivity index (χ0n) is 8.53. The summed E-state index contributed by atoms with van der Waals surface area (Å²) in [4.78, 5) is 7.83. The van der Waals surface area contributed by atoms with Gasteiger partial charge in [-0.05, 0) is 13.8 Å². The molecule has 1 heterocycles. The maximum absolute atomic E-state index is 5.67. The molecule has 1 rings (SSSR count). The fourth-order valence-corrected chi connectivity index (χ4v) is 1.03. The summed E-state index contributed by atoms with van der Waals surface area (Å²) < 4.78 is 5.26. The Morgan fingerprint density at radius 2 is 2.43 bits per heavy atom. The molecule has 0 aromatic carbocycles. The van der Waals surface area contributed by atoms with Crippen LogP contribution in [0, 0.1) is 0 Å². The van der Waals surface area contributed by atoms with Gasteiger partial charge in [0.1, 0.15) is 6.33 Å². The fourth-order valence-electron chi connectivity index (χ4n) is 1.03. The Morgan fingerprint density at radius 1 is 1.64 bits per heavy atom. The molecule has 1 aromatic heterocycles. The number of hydrogen-bond acceptors (Lipinski definition) is 5. The van der Waals surface area contributed by atoms with Crippen molar-refractivity contribution in [2.45, 2.75) is 19.9 Å². The second-order valence-corrected chi connectivity index (χ2v) is 3.03. The van der Waals surface area contributed by atoms with E-state index >= 15 is 0 Å². The van der Waals surface area contributed by atoms with E-state index < -0.39 is 0 Å². The van der Waals surface area contributed by atoms with E-state index in [4.69, 9.17) is 10.5 Å². The van der Waals surface area contributed by atoms with E-state index in [1.54, 1.807) is 6.20 Å². The maximum atomic E-state index is 5.67. The highest BCUT2D eigenvalue weighted by Crippen LogP contribution is 2.12. The maximum Gasteiger partial charge on any atom is 0.152 e. The molecule has 1 aromatic rings. The van der Waals surface area contributed by atoms with Crippen LogP contribution in [0.15, 0.2) is 12.5 Å². The molecule has 0 saturated carbocycles. The molecule has 0 amide bonds. The van der Waals surface area contributed by atoms with Crippen LogP contribution in [0.5, 0.6) is 0 Å². The minimum absolute atomic E-state index is 0.187. The fraction of sp³-hybridized carbons (Fsp3) is 0.556. The predicted octanol–water partition coefficient (Wildman–Crippen LogP) is 0.896. The Bertz CT molecular complexity index is 279. The topological polar surface area (TPSA) is 73.1 Å². The lowest BCUT2D eigenvalue weighted by atomic mass is 10.3. The molecule has 14 heavy (non-hydrogen) atoms. The number of ether oxygens (including phenoxy) is 1. The Balaban J connectivity index is 2.47. The number of nitrogens with two attached hydrogens (primary N) is 1. The van der Waals surface area contributed by atoms with Crippen molar-refractivity contribution >= 4 is 11.5 Å². The molecule has 1 unspecified atom stereocenters. The van der Waals surface area contributed by atoms with Crippen LogP contribution in [0.3, 0.4) is 0 Å². The van der Waals surface area contributed by atoms with Crippen LogP contribution in [-0.4, -0.2) is 29.2 Å². The first-order valence-corrected chi connectivity index (χ1v) is 4.63. The molecule has 0 fully saturated rings. The van der Waals surface area contributed by atoms with Crippen molar-refractivity contribution in [1.82, 2.24) is 9.97 Å². The highest BCUT2D eigenvalue weighted by Gasteiger charge is 2.04. The summed E-state index contributed by atoms with van der Waals surface area (Å²) in [5.41, 5.74) is 6.22. The summed E-state index contributed by atoms with van der Waals surface area (Å²) in [5, 5.41) is 3.14. The monoisotopic (exact) mass is 196 g/mol. The molecule has 0 aliphatic rings. The lowest BCUT2D eigenvalue weighted by Gasteiger charge is -2.14. The number of nitrogens with zero attached hydrogens (tertiary/aromatic N) is 2. The van der Waals surface area contributed by atoms with Crippen LogP contribution in [0.25, 0.3) is 0 Å². The summed E-state index contributed by atoms with van der Waals surface area (Å²) in [7, 11) is 0. The number of anilines is 2. The lowest BCUT2D eigenvalue weighted by molar-refractivity contribution is 0.141. The van der Waals surface area contributed by atoms with E-state index in [-0.39, 0.29) is 6.04 Å². The van der Waals surface area contributed by atoms with Gasteiger partial charge in [-0.2, -0.15) is 0 Å². The number of aromatic nitrogens is 2. The minimum Gasteiger partial charge on any atom is -0.394 e. The molecule has 1 atom stereocenters. The molecular weight excluding hydrogens is 180 g/mol. The van der Waals surface area contributed by atoms with Gasteiger partial charge in [0.15, 0.2) is 5.82 Å². The van der Waals surface area contributed by atoms with Gasteiger partial charge in [-0.25, -0.2) is 9.97 Å². The third-order valence-electron chi connectivity index (χ3n) is 1.70. The van der Waals surface area contributed by atoms with E-state index in [2.05, 4.69) is 15.3 Å². The normalized spacial score (nSPS) is 12.4. The largest absolute Gasteiger partial charge is 0.394 e. The summed E-state index contributed by atoms with van der Waals surface area (Å²) in [6.07, 6.45) is 3.04. The van der Waals surface area contributed by atoms with Gasteiger partial charge in [0.05, 0.1) is 18.5 Å². The Morgan fingerprint density at radius 3 is 3.07 bits per heavy atom. The number of nitrogens with one attached hydrogen (secondary N) is 1. The zero-order valence-corrected chi connectivity index (χ0v) is 8.53. The van der Waals surface area contributed by atoms with E-state index in [0.717, 1.165) is 0 Å². The van der Waals surface area contributed by atoms with Gasteiger partial charge in [0, 0.05) is 12.6 Å². The van der Waals surface area contributed by atoms with Crippen LogP contribution >= 0.6 is 0 Å². The van der Waals surface area contributed by atoms with Crippen LogP contribution in [0.4, 0.5) is 11.5 Å². The van der Waals surface area contributed by atoms with E-state index in [9.17, 15) is 0 Å². The average molecular weight is 196 g/mol. The lowest BCUT2D eigenvalue weighted by Crippen LogP contribution is -2.23. The molecule has 0 aliphatic carbocycles. The average Bonchev–Trinajstić information content (AvgIpc) is 2.18. The van der Waals surface area contributed by atoms with Crippen molar-refractivity contribution in [2.24, 2.45) is 0 Å². The van der Waals surface area contributed by atoms with E-state index in [1.165, 1.54) is 6.33 Å². The number of rotatable bonds is 5. The van der Waals surface area contributed by atoms with Gasteiger partial charge in [0.25, 0.3) is 0 Å². The molecular formula is C9H16N4O. The van der Waals surface area contributed by atoms with Crippen LogP contribution in [0.2, 0.25) is 0 Å². The minimum atomic E-state index is 0.187. The number of nitrogen functional groups attached to an aromatic ring is 1. The van der Waals surface area contributed by atoms with Gasteiger partial charge in [-0.1, -0.05) is 0 Å². The summed E-state index contributed by atoms with van der Waals surface area (Å²) in [5.74, 6) is 0.659. The smallest absolute Gasteiger partial charge is 0.152 e. The molecule has 78 valence electrons. The van der Waals surface area contributed by atoms with E-state index in [0.29, 0.717) is 24.7 Å². The molecule has 0 radical (unpaired) electrons.